The normalized spacial score (nSPS) is 11.0. The van der Waals surface area contributed by atoms with Gasteiger partial charge in [0.2, 0.25) is 0 Å². The van der Waals surface area contributed by atoms with Crippen LogP contribution in [0.2, 0.25) is 0 Å². The summed E-state index contributed by atoms with van der Waals surface area (Å²) in [5.41, 5.74) is 3.80. The van der Waals surface area contributed by atoms with Crippen LogP contribution in [0.3, 0.4) is 0 Å². The van der Waals surface area contributed by atoms with Crippen LogP contribution in [0.15, 0.2) is 12.1 Å². The van der Waals surface area contributed by atoms with Crippen molar-refractivity contribution in [1.29, 1.82) is 0 Å². The molecule has 0 fully saturated rings. The van der Waals surface area contributed by atoms with Crippen LogP contribution in [-0.4, -0.2) is 12.4 Å². The maximum atomic E-state index is 12.6. The second-order valence-electron chi connectivity index (χ2n) is 3.22. The van der Waals surface area contributed by atoms with Gasteiger partial charge >= 0.3 is 6.61 Å². The number of halogens is 4. The van der Waals surface area contributed by atoms with Crippen molar-refractivity contribution in [3.05, 3.63) is 23.3 Å². The third-order valence-electron chi connectivity index (χ3n) is 1.96. The molecule has 1 rings (SSSR count). The number of hydrogen-bond acceptors (Lipinski definition) is 3. The standard InChI is InChI=1S/C10H9F4NO2/c1-4(16)8-6(9(11)12)2-5(15)3-7(8)17-10(13)14/h2-3,9-10H,15H2,1H3. The SMILES string of the molecule is CC(=O)c1c(OC(F)F)cc(N)cc1C(F)F. The average Bonchev–Trinajstić information content (AvgIpc) is 2.14. The minimum absolute atomic E-state index is 0.180. The zero-order chi connectivity index (χ0) is 13.2. The molecule has 0 amide bonds. The molecule has 3 nitrogen and oxygen atoms in total. The molecule has 0 aromatic heterocycles. The molecule has 17 heavy (non-hydrogen) atoms. The molecule has 0 saturated carbocycles. The first-order valence-corrected chi connectivity index (χ1v) is 4.50. The van der Waals surface area contributed by atoms with Gasteiger partial charge in [-0.05, 0) is 13.0 Å². The van der Waals surface area contributed by atoms with Crippen LogP contribution in [0.4, 0.5) is 23.2 Å². The number of alkyl halides is 4. The Morgan fingerprint density at radius 1 is 1.29 bits per heavy atom. The molecule has 1 aromatic rings. The van der Waals surface area contributed by atoms with Crippen LogP contribution in [-0.2, 0) is 0 Å². The molecule has 1 aromatic carbocycles. The lowest BCUT2D eigenvalue weighted by Crippen LogP contribution is -2.10. The van der Waals surface area contributed by atoms with E-state index in [0.29, 0.717) is 0 Å². The predicted octanol–water partition coefficient (Wildman–Crippen LogP) is 3.01. The fourth-order valence-electron chi connectivity index (χ4n) is 1.40. The number of carbonyl (C=O) groups is 1. The van der Waals surface area contributed by atoms with Crippen LogP contribution < -0.4 is 10.5 Å². The zero-order valence-electron chi connectivity index (χ0n) is 8.72. The third-order valence-corrected chi connectivity index (χ3v) is 1.96. The molecule has 7 heteroatoms. The molecule has 0 saturated heterocycles. The first-order valence-electron chi connectivity index (χ1n) is 4.50. The molecule has 0 radical (unpaired) electrons. The maximum absolute atomic E-state index is 12.6. The summed E-state index contributed by atoms with van der Waals surface area (Å²) in [6.45, 7) is -2.24. The number of rotatable bonds is 4. The van der Waals surface area contributed by atoms with Crippen molar-refractivity contribution >= 4 is 11.5 Å². The molecule has 0 spiro atoms. The Morgan fingerprint density at radius 3 is 2.29 bits per heavy atom. The van der Waals surface area contributed by atoms with Crippen LogP contribution in [0.5, 0.6) is 5.75 Å². The van der Waals surface area contributed by atoms with E-state index in [0.717, 1.165) is 19.1 Å². The minimum Gasteiger partial charge on any atom is -0.434 e. The second kappa shape index (κ2) is 5.03. The van der Waals surface area contributed by atoms with Crippen LogP contribution in [0.25, 0.3) is 0 Å². The van der Waals surface area contributed by atoms with Crippen LogP contribution in [0.1, 0.15) is 29.3 Å². The molecule has 0 heterocycles. The molecule has 0 aliphatic rings. The average molecular weight is 251 g/mol. The summed E-state index contributed by atoms with van der Waals surface area (Å²) in [6.07, 6.45) is -3.00. The summed E-state index contributed by atoms with van der Waals surface area (Å²) in [7, 11) is 0. The molecule has 2 N–H and O–H groups in total. The Labute approximate surface area is 94.2 Å². The van der Waals surface area contributed by atoms with Crippen molar-refractivity contribution in [2.45, 2.75) is 20.0 Å². The quantitative estimate of drug-likeness (QED) is 0.508. The highest BCUT2D eigenvalue weighted by molar-refractivity contribution is 5.99. The van der Waals surface area contributed by atoms with E-state index in [-0.39, 0.29) is 5.69 Å². The zero-order valence-corrected chi connectivity index (χ0v) is 8.72. The highest BCUT2D eigenvalue weighted by Gasteiger charge is 2.23. The summed E-state index contributed by atoms with van der Waals surface area (Å²) in [4.78, 5) is 11.2. The third kappa shape index (κ3) is 3.08. The molecule has 0 unspecified atom stereocenters. The Bertz CT molecular complexity index is 435. The summed E-state index contributed by atoms with van der Waals surface area (Å²) in [6, 6.07) is 1.77. The molecule has 94 valence electrons. The summed E-state index contributed by atoms with van der Waals surface area (Å²) >= 11 is 0. The van der Waals surface area contributed by atoms with Gasteiger partial charge in [0.25, 0.3) is 6.43 Å². The number of carbonyl (C=O) groups excluding carboxylic acids is 1. The topological polar surface area (TPSA) is 52.3 Å². The predicted molar refractivity (Wildman–Crippen MR) is 52.4 cm³/mol. The van der Waals surface area contributed by atoms with Gasteiger partial charge in [-0.3, -0.25) is 4.79 Å². The Balaban J connectivity index is 3.40. The number of Topliss-reactive ketones (excluding diaryl/α,β-unsaturated/α-hetero) is 1. The van der Waals surface area contributed by atoms with Crippen molar-refractivity contribution in [3.63, 3.8) is 0 Å². The maximum Gasteiger partial charge on any atom is 0.387 e. The number of nitrogens with two attached hydrogens (primary N) is 1. The summed E-state index contributed by atoms with van der Waals surface area (Å²) in [5, 5.41) is 0. The van der Waals surface area contributed by atoms with E-state index >= 15 is 0 Å². The van der Waals surface area contributed by atoms with E-state index in [9.17, 15) is 22.4 Å². The number of nitrogen functional groups attached to an aromatic ring is 1. The van der Waals surface area contributed by atoms with E-state index in [1.54, 1.807) is 0 Å². The molecule has 0 aliphatic heterocycles. The van der Waals surface area contributed by atoms with Gasteiger partial charge in [0.05, 0.1) is 5.56 Å². The number of ketones is 1. The molecule has 0 bridgehead atoms. The highest BCUT2D eigenvalue weighted by atomic mass is 19.3. The van der Waals surface area contributed by atoms with E-state index in [1.165, 1.54) is 0 Å². The van der Waals surface area contributed by atoms with E-state index in [2.05, 4.69) is 4.74 Å². The van der Waals surface area contributed by atoms with Gasteiger partial charge < -0.3 is 10.5 Å². The Hall–Kier alpha value is -1.79. The fraction of sp³-hybridized carbons (Fsp3) is 0.300. The van der Waals surface area contributed by atoms with Crippen molar-refractivity contribution in [2.75, 3.05) is 5.73 Å². The lowest BCUT2D eigenvalue weighted by Gasteiger charge is -2.13. The summed E-state index contributed by atoms with van der Waals surface area (Å²) < 4.78 is 53.4. The van der Waals surface area contributed by atoms with Gasteiger partial charge in [0, 0.05) is 17.3 Å². The molecule has 0 atom stereocenters. The number of benzene rings is 1. The molecular weight excluding hydrogens is 242 g/mol. The number of ether oxygens (including phenoxy) is 1. The first kappa shape index (κ1) is 13.3. The van der Waals surface area contributed by atoms with E-state index in [4.69, 9.17) is 5.73 Å². The van der Waals surface area contributed by atoms with E-state index < -0.39 is 35.7 Å². The first-order chi connectivity index (χ1) is 7.82. The van der Waals surface area contributed by atoms with Gasteiger partial charge in [-0.2, -0.15) is 8.78 Å². The fourth-order valence-corrected chi connectivity index (χ4v) is 1.40. The minimum atomic E-state index is -3.22. The van der Waals surface area contributed by atoms with Crippen LogP contribution in [0, 0.1) is 0 Å². The van der Waals surface area contributed by atoms with Crippen LogP contribution >= 0.6 is 0 Å². The Kier molecular flexibility index (Phi) is 3.93. The number of hydrogen-bond donors (Lipinski definition) is 1. The molecule has 0 aliphatic carbocycles. The smallest absolute Gasteiger partial charge is 0.387 e. The van der Waals surface area contributed by atoms with Gasteiger partial charge in [-0.1, -0.05) is 0 Å². The van der Waals surface area contributed by atoms with Crippen molar-refractivity contribution < 1.29 is 27.1 Å². The highest BCUT2D eigenvalue weighted by Crippen LogP contribution is 2.33. The monoisotopic (exact) mass is 251 g/mol. The second-order valence-corrected chi connectivity index (χ2v) is 3.22. The van der Waals surface area contributed by atoms with Crippen molar-refractivity contribution in [1.82, 2.24) is 0 Å². The van der Waals surface area contributed by atoms with Crippen molar-refractivity contribution in [3.8, 4) is 5.75 Å². The summed E-state index contributed by atoms with van der Waals surface area (Å²) in [5.74, 6) is -1.43. The van der Waals surface area contributed by atoms with Gasteiger partial charge in [0.15, 0.2) is 5.78 Å². The number of anilines is 1. The van der Waals surface area contributed by atoms with Gasteiger partial charge in [-0.15, -0.1) is 0 Å². The lowest BCUT2D eigenvalue weighted by atomic mass is 10.0. The Morgan fingerprint density at radius 2 is 1.88 bits per heavy atom. The lowest BCUT2D eigenvalue weighted by molar-refractivity contribution is -0.0502. The molecular formula is C10H9F4NO2. The van der Waals surface area contributed by atoms with Crippen molar-refractivity contribution in [2.24, 2.45) is 0 Å². The largest absolute Gasteiger partial charge is 0.434 e. The van der Waals surface area contributed by atoms with Gasteiger partial charge in [-0.25, -0.2) is 8.78 Å². The van der Waals surface area contributed by atoms with Gasteiger partial charge in [0.1, 0.15) is 5.75 Å². The van der Waals surface area contributed by atoms with E-state index in [1.807, 2.05) is 0 Å².